The number of hydrogen-bond donors (Lipinski definition) is 1. The fourth-order valence-corrected chi connectivity index (χ4v) is 3.56. The summed E-state index contributed by atoms with van der Waals surface area (Å²) in [5.74, 6) is 0. The highest BCUT2D eigenvalue weighted by Crippen LogP contribution is 2.23. The molecule has 0 radical (unpaired) electrons. The van der Waals surface area contributed by atoms with Crippen molar-refractivity contribution < 1.29 is 0 Å². The first kappa shape index (κ1) is 13.7. The lowest BCUT2D eigenvalue weighted by Gasteiger charge is -2.14. The molecule has 98 valence electrons. The van der Waals surface area contributed by atoms with Gasteiger partial charge in [0.2, 0.25) is 0 Å². The van der Waals surface area contributed by atoms with Crippen LogP contribution in [0.5, 0.6) is 0 Å². The Morgan fingerprint density at radius 3 is 2.89 bits per heavy atom. The number of rotatable bonds is 6. The summed E-state index contributed by atoms with van der Waals surface area (Å²) in [6, 6.07) is 2.31. The Morgan fingerprint density at radius 1 is 1.39 bits per heavy atom. The molecule has 5 heteroatoms. The molecule has 0 aromatic carbocycles. The monoisotopic (exact) mass is 281 g/mol. The summed E-state index contributed by atoms with van der Waals surface area (Å²) in [6.45, 7) is 5.07. The zero-order chi connectivity index (χ0) is 13.0. The van der Waals surface area contributed by atoms with Crippen LogP contribution in [0.25, 0.3) is 0 Å². The highest BCUT2D eigenvalue weighted by molar-refractivity contribution is 7.12. The minimum Gasteiger partial charge on any atom is -0.315 e. The average Bonchev–Trinajstić information content (AvgIpc) is 2.91. The van der Waals surface area contributed by atoms with Crippen molar-refractivity contribution >= 4 is 22.7 Å². The van der Waals surface area contributed by atoms with E-state index >= 15 is 0 Å². The van der Waals surface area contributed by atoms with Crippen molar-refractivity contribution in [2.75, 3.05) is 14.1 Å². The smallest absolute Gasteiger partial charge is 0.0795 e. The second kappa shape index (κ2) is 6.43. The van der Waals surface area contributed by atoms with E-state index in [-0.39, 0.29) is 0 Å². The number of nitrogens with zero attached hydrogens (tertiary/aromatic N) is 2. The van der Waals surface area contributed by atoms with Crippen molar-refractivity contribution in [3.63, 3.8) is 0 Å². The Kier molecular flexibility index (Phi) is 4.88. The Morgan fingerprint density at radius 2 is 2.22 bits per heavy atom. The first-order valence-electron chi connectivity index (χ1n) is 5.97. The molecule has 2 aromatic rings. The maximum absolute atomic E-state index is 4.32. The zero-order valence-corrected chi connectivity index (χ0v) is 12.7. The van der Waals surface area contributed by atoms with E-state index in [9.17, 15) is 0 Å². The van der Waals surface area contributed by atoms with Gasteiger partial charge in [-0.3, -0.25) is 4.90 Å². The fourth-order valence-electron chi connectivity index (χ4n) is 1.94. The second-order valence-electron chi connectivity index (χ2n) is 4.48. The molecule has 0 unspecified atom stereocenters. The lowest BCUT2D eigenvalue weighted by atomic mass is 10.2. The predicted molar refractivity (Wildman–Crippen MR) is 79.1 cm³/mol. The third-order valence-electron chi connectivity index (χ3n) is 2.78. The van der Waals surface area contributed by atoms with E-state index in [2.05, 4.69) is 40.6 Å². The number of thiophene rings is 1. The molecule has 0 aliphatic carbocycles. The van der Waals surface area contributed by atoms with Gasteiger partial charge in [-0.2, -0.15) is 0 Å². The average molecular weight is 281 g/mol. The SMILES string of the molecule is CNCc1cc(CN(C)Cc2cscn2)c(C)s1. The Balaban J connectivity index is 1.95. The normalized spacial score (nSPS) is 11.3. The summed E-state index contributed by atoms with van der Waals surface area (Å²) in [5, 5.41) is 5.32. The largest absolute Gasteiger partial charge is 0.315 e. The van der Waals surface area contributed by atoms with E-state index in [0.29, 0.717) is 0 Å². The van der Waals surface area contributed by atoms with E-state index in [4.69, 9.17) is 0 Å². The van der Waals surface area contributed by atoms with Gasteiger partial charge in [-0.25, -0.2) is 4.98 Å². The first-order valence-corrected chi connectivity index (χ1v) is 7.73. The van der Waals surface area contributed by atoms with Crippen molar-refractivity contribution in [2.24, 2.45) is 0 Å². The molecule has 0 spiro atoms. The van der Waals surface area contributed by atoms with E-state index in [1.165, 1.54) is 15.3 Å². The molecule has 0 saturated heterocycles. The molecule has 0 saturated carbocycles. The molecule has 2 heterocycles. The van der Waals surface area contributed by atoms with Gasteiger partial charge >= 0.3 is 0 Å². The Labute approximate surface area is 116 Å². The van der Waals surface area contributed by atoms with Gasteiger partial charge < -0.3 is 5.32 Å². The van der Waals surface area contributed by atoms with Crippen LogP contribution in [-0.2, 0) is 19.6 Å². The molecule has 0 aliphatic heterocycles. The molecule has 18 heavy (non-hydrogen) atoms. The number of thiazole rings is 1. The highest BCUT2D eigenvalue weighted by atomic mass is 32.1. The number of hydrogen-bond acceptors (Lipinski definition) is 5. The van der Waals surface area contributed by atoms with Gasteiger partial charge in [-0.05, 0) is 32.6 Å². The van der Waals surface area contributed by atoms with E-state index in [0.717, 1.165) is 25.3 Å². The minimum atomic E-state index is 0.917. The van der Waals surface area contributed by atoms with Crippen LogP contribution >= 0.6 is 22.7 Å². The molecule has 0 fully saturated rings. The van der Waals surface area contributed by atoms with Gasteiger partial charge in [0.1, 0.15) is 0 Å². The lowest BCUT2D eigenvalue weighted by Crippen LogP contribution is -2.17. The minimum absolute atomic E-state index is 0.917. The van der Waals surface area contributed by atoms with Gasteiger partial charge in [0, 0.05) is 34.8 Å². The van der Waals surface area contributed by atoms with Gasteiger partial charge in [0.25, 0.3) is 0 Å². The van der Waals surface area contributed by atoms with Crippen molar-refractivity contribution in [2.45, 2.75) is 26.6 Å². The molecule has 0 amide bonds. The molecule has 3 nitrogen and oxygen atoms in total. The molecule has 0 atom stereocenters. The number of aromatic nitrogens is 1. The third kappa shape index (κ3) is 3.62. The number of aryl methyl sites for hydroxylation is 1. The van der Waals surface area contributed by atoms with Crippen molar-refractivity contribution in [1.82, 2.24) is 15.2 Å². The van der Waals surface area contributed by atoms with Gasteiger partial charge in [0.05, 0.1) is 11.2 Å². The van der Waals surface area contributed by atoms with Crippen molar-refractivity contribution in [1.29, 1.82) is 0 Å². The molecule has 2 rings (SSSR count). The van der Waals surface area contributed by atoms with Crippen LogP contribution in [0, 0.1) is 6.92 Å². The van der Waals surface area contributed by atoms with Crippen molar-refractivity contribution in [3.05, 3.63) is 38.0 Å². The van der Waals surface area contributed by atoms with Crippen LogP contribution in [0.4, 0.5) is 0 Å². The van der Waals surface area contributed by atoms with Crippen LogP contribution in [0.2, 0.25) is 0 Å². The van der Waals surface area contributed by atoms with Crippen LogP contribution < -0.4 is 5.32 Å². The van der Waals surface area contributed by atoms with Crippen LogP contribution in [0.3, 0.4) is 0 Å². The Bertz CT molecular complexity index is 476. The summed E-state index contributed by atoms with van der Waals surface area (Å²) in [4.78, 5) is 9.47. The molecule has 0 bridgehead atoms. The topological polar surface area (TPSA) is 28.2 Å². The van der Waals surface area contributed by atoms with E-state index < -0.39 is 0 Å². The summed E-state index contributed by atoms with van der Waals surface area (Å²) < 4.78 is 0. The van der Waals surface area contributed by atoms with Gasteiger partial charge in [-0.1, -0.05) is 0 Å². The van der Waals surface area contributed by atoms with Crippen LogP contribution in [-0.4, -0.2) is 24.0 Å². The summed E-state index contributed by atoms with van der Waals surface area (Å²) in [6.07, 6.45) is 0. The van der Waals surface area contributed by atoms with E-state index in [1.54, 1.807) is 11.3 Å². The lowest BCUT2D eigenvalue weighted by molar-refractivity contribution is 0.315. The van der Waals surface area contributed by atoms with E-state index in [1.807, 2.05) is 23.9 Å². The van der Waals surface area contributed by atoms with Crippen molar-refractivity contribution in [3.8, 4) is 0 Å². The zero-order valence-electron chi connectivity index (χ0n) is 11.1. The second-order valence-corrected chi connectivity index (χ2v) is 6.54. The number of nitrogens with one attached hydrogen (secondary N) is 1. The van der Waals surface area contributed by atoms with Gasteiger partial charge in [0.15, 0.2) is 0 Å². The summed E-state index contributed by atoms with van der Waals surface area (Å²) in [7, 11) is 4.14. The molecular weight excluding hydrogens is 262 g/mol. The highest BCUT2D eigenvalue weighted by Gasteiger charge is 2.08. The quantitative estimate of drug-likeness (QED) is 0.882. The third-order valence-corrected chi connectivity index (χ3v) is 4.51. The van der Waals surface area contributed by atoms with Crippen LogP contribution in [0.15, 0.2) is 17.0 Å². The first-order chi connectivity index (χ1) is 8.69. The van der Waals surface area contributed by atoms with Gasteiger partial charge in [-0.15, -0.1) is 22.7 Å². The standard InChI is InChI=1S/C13H19N3S2/c1-10-11(4-13(18-10)5-14-2)6-16(3)7-12-8-17-9-15-12/h4,8-9,14H,5-7H2,1-3H3. The maximum Gasteiger partial charge on any atom is 0.0795 e. The summed E-state index contributed by atoms with van der Waals surface area (Å²) >= 11 is 3.54. The molecule has 0 aliphatic rings. The predicted octanol–water partition coefficient (Wildman–Crippen LogP) is 2.86. The molecule has 2 aromatic heterocycles. The molecule has 1 N–H and O–H groups in total. The Hall–Kier alpha value is -0.750. The van der Waals surface area contributed by atoms with Crippen LogP contribution in [0.1, 0.15) is 21.0 Å². The fraction of sp³-hybridized carbons (Fsp3) is 0.462. The maximum atomic E-state index is 4.32. The summed E-state index contributed by atoms with van der Waals surface area (Å²) in [5.41, 5.74) is 4.48. The molecular formula is C13H19N3S2.